The summed E-state index contributed by atoms with van der Waals surface area (Å²) in [7, 11) is 1.55. The number of aliphatic hydroxyl groups is 1. The summed E-state index contributed by atoms with van der Waals surface area (Å²) in [5, 5.41) is 9.35. The molecule has 0 aromatic heterocycles. The molecule has 1 rings (SSSR count). The van der Waals surface area contributed by atoms with E-state index < -0.39 is 6.29 Å². The number of hydrogen-bond donors (Lipinski definition) is 1. The van der Waals surface area contributed by atoms with Gasteiger partial charge in [-0.05, 0) is 0 Å². The Morgan fingerprint density at radius 1 is 1.58 bits per heavy atom. The molecule has 72 valence electrons. The zero-order chi connectivity index (χ0) is 9.19. The van der Waals surface area contributed by atoms with Crippen molar-refractivity contribution in [3.05, 3.63) is 0 Å². The van der Waals surface area contributed by atoms with Crippen LogP contribution in [0.5, 0.6) is 0 Å². The Hall–Kier alpha value is -0.160. The van der Waals surface area contributed by atoms with Gasteiger partial charge in [-0.1, -0.05) is 13.8 Å². The summed E-state index contributed by atoms with van der Waals surface area (Å²) in [5.41, 5.74) is -0.141. The topological polar surface area (TPSA) is 47.9 Å². The summed E-state index contributed by atoms with van der Waals surface area (Å²) in [5.74, 6) is 0. The molecule has 1 aliphatic rings. The fourth-order valence-corrected chi connectivity index (χ4v) is 1.30. The molecule has 1 saturated heterocycles. The third-order valence-corrected chi connectivity index (χ3v) is 2.02. The second kappa shape index (κ2) is 3.70. The zero-order valence-corrected chi connectivity index (χ0v) is 7.74. The van der Waals surface area contributed by atoms with Crippen molar-refractivity contribution in [1.82, 2.24) is 0 Å². The smallest absolute Gasteiger partial charge is 0.181 e. The van der Waals surface area contributed by atoms with E-state index in [-0.39, 0.29) is 18.3 Å². The van der Waals surface area contributed by atoms with Gasteiger partial charge in [-0.15, -0.1) is 0 Å². The Morgan fingerprint density at radius 3 is 2.67 bits per heavy atom. The Balaban J connectivity index is 2.47. The van der Waals surface area contributed by atoms with Gasteiger partial charge in [0.05, 0.1) is 6.61 Å². The first-order valence-corrected chi connectivity index (χ1v) is 3.98. The molecule has 4 heteroatoms. The number of methoxy groups -OCH3 is 1. The van der Waals surface area contributed by atoms with Crippen molar-refractivity contribution in [3.8, 4) is 0 Å². The number of ether oxygens (including phenoxy) is 3. The summed E-state index contributed by atoms with van der Waals surface area (Å²) in [6, 6.07) is 0. The van der Waals surface area contributed by atoms with Crippen LogP contribution in [-0.4, -0.2) is 38.0 Å². The highest BCUT2D eigenvalue weighted by Crippen LogP contribution is 2.33. The maximum absolute atomic E-state index is 9.35. The molecule has 0 aromatic carbocycles. The lowest BCUT2D eigenvalue weighted by molar-refractivity contribution is -0.169. The Kier molecular flexibility index (Phi) is 3.06. The van der Waals surface area contributed by atoms with Crippen molar-refractivity contribution in [1.29, 1.82) is 0 Å². The van der Waals surface area contributed by atoms with E-state index in [4.69, 9.17) is 14.2 Å². The van der Waals surface area contributed by atoms with E-state index in [2.05, 4.69) is 0 Å². The predicted molar refractivity (Wildman–Crippen MR) is 42.5 cm³/mol. The van der Waals surface area contributed by atoms with Crippen LogP contribution < -0.4 is 0 Å². The van der Waals surface area contributed by atoms with E-state index in [1.807, 2.05) is 13.8 Å². The monoisotopic (exact) mass is 176 g/mol. The molecule has 12 heavy (non-hydrogen) atoms. The third-order valence-electron chi connectivity index (χ3n) is 2.02. The van der Waals surface area contributed by atoms with Crippen LogP contribution >= 0.6 is 0 Å². The molecule has 1 N–H and O–H groups in total. The van der Waals surface area contributed by atoms with Gasteiger partial charge in [-0.3, -0.25) is 0 Å². The summed E-state index contributed by atoms with van der Waals surface area (Å²) in [6.45, 7) is 4.68. The molecule has 1 aliphatic heterocycles. The van der Waals surface area contributed by atoms with Crippen LogP contribution in [-0.2, 0) is 14.2 Å². The van der Waals surface area contributed by atoms with Crippen molar-refractivity contribution in [3.63, 3.8) is 0 Å². The van der Waals surface area contributed by atoms with Crippen molar-refractivity contribution in [2.75, 3.05) is 20.5 Å². The minimum absolute atomic E-state index is 0.141. The van der Waals surface area contributed by atoms with Crippen molar-refractivity contribution in [2.24, 2.45) is 5.41 Å². The fourth-order valence-electron chi connectivity index (χ4n) is 1.30. The van der Waals surface area contributed by atoms with Gasteiger partial charge in [0.2, 0.25) is 0 Å². The van der Waals surface area contributed by atoms with Gasteiger partial charge in [0.1, 0.15) is 12.9 Å². The zero-order valence-electron chi connectivity index (χ0n) is 7.74. The van der Waals surface area contributed by atoms with Gasteiger partial charge < -0.3 is 19.3 Å². The van der Waals surface area contributed by atoms with Gasteiger partial charge in [0.25, 0.3) is 0 Å². The molecule has 1 fully saturated rings. The van der Waals surface area contributed by atoms with E-state index in [1.165, 1.54) is 0 Å². The Morgan fingerprint density at radius 2 is 2.25 bits per heavy atom. The molecule has 2 atom stereocenters. The van der Waals surface area contributed by atoms with Gasteiger partial charge in [-0.25, -0.2) is 0 Å². The largest absolute Gasteiger partial charge is 0.366 e. The molecule has 0 radical (unpaired) electrons. The molecular formula is C8H16O4. The highest BCUT2D eigenvalue weighted by molar-refractivity contribution is 4.86. The predicted octanol–water partition coefficient (Wildman–Crippen LogP) is 0.350. The first kappa shape index (κ1) is 9.92. The molecule has 4 nitrogen and oxygen atoms in total. The van der Waals surface area contributed by atoms with Gasteiger partial charge >= 0.3 is 0 Å². The van der Waals surface area contributed by atoms with E-state index in [0.717, 1.165) is 0 Å². The first-order valence-electron chi connectivity index (χ1n) is 3.98. The summed E-state index contributed by atoms with van der Waals surface area (Å²) in [4.78, 5) is 0. The van der Waals surface area contributed by atoms with Crippen LogP contribution in [0.2, 0.25) is 0 Å². The number of aliphatic hydroxyl groups excluding tert-OH is 1. The molecule has 1 heterocycles. The molecular weight excluding hydrogens is 160 g/mol. The SMILES string of the molecule is COCO[C@H]1[C@H](O)OCC1(C)C. The summed E-state index contributed by atoms with van der Waals surface area (Å²) in [6.07, 6.45) is -1.12. The average molecular weight is 176 g/mol. The third kappa shape index (κ3) is 1.95. The minimum atomic E-state index is -0.824. The van der Waals surface area contributed by atoms with Crippen molar-refractivity contribution in [2.45, 2.75) is 26.2 Å². The molecule has 0 bridgehead atoms. The van der Waals surface area contributed by atoms with E-state index >= 15 is 0 Å². The molecule has 0 aliphatic carbocycles. The quantitative estimate of drug-likeness (QED) is 0.630. The highest BCUT2D eigenvalue weighted by Gasteiger charge is 2.43. The van der Waals surface area contributed by atoms with Gasteiger partial charge in [-0.2, -0.15) is 0 Å². The molecule has 0 unspecified atom stereocenters. The van der Waals surface area contributed by atoms with Crippen LogP contribution in [0.15, 0.2) is 0 Å². The van der Waals surface area contributed by atoms with E-state index in [0.29, 0.717) is 6.61 Å². The van der Waals surface area contributed by atoms with Gasteiger partial charge in [0.15, 0.2) is 6.29 Å². The van der Waals surface area contributed by atoms with Crippen LogP contribution in [0.3, 0.4) is 0 Å². The number of rotatable bonds is 3. The lowest BCUT2D eigenvalue weighted by Gasteiger charge is -2.25. The van der Waals surface area contributed by atoms with E-state index in [9.17, 15) is 5.11 Å². The maximum atomic E-state index is 9.35. The van der Waals surface area contributed by atoms with Crippen LogP contribution in [0.1, 0.15) is 13.8 Å². The van der Waals surface area contributed by atoms with Crippen LogP contribution in [0.4, 0.5) is 0 Å². The first-order chi connectivity index (χ1) is 5.58. The molecule has 0 aromatic rings. The van der Waals surface area contributed by atoms with Crippen molar-refractivity contribution >= 4 is 0 Å². The average Bonchev–Trinajstić information content (AvgIpc) is 2.24. The van der Waals surface area contributed by atoms with Crippen LogP contribution in [0, 0.1) is 5.41 Å². The lowest BCUT2D eigenvalue weighted by atomic mass is 9.89. The van der Waals surface area contributed by atoms with Gasteiger partial charge in [0, 0.05) is 12.5 Å². The normalized spacial score (nSPS) is 34.0. The fraction of sp³-hybridized carbons (Fsp3) is 1.00. The highest BCUT2D eigenvalue weighted by atomic mass is 16.7. The standard InChI is InChI=1S/C8H16O4/c1-8(2)4-11-7(9)6(8)12-5-10-3/h6-7,9H,4-5H2,1-3H3/t6-,7+/m0/s1. The summed E-state index contributed by atoms with van der Waals surface area (Å²) >= 11 is 0. The molecule has 0 amide bonds. The summed E-state index contributed by atoms with van der Waals surface area (Å²) < 4.78 is 15.1. The molecule has 0 saturated carbocycles. The van der Waals surface area contributed by atoms with Crippen LogP contribution in [0.25, 0.3) is 0 Å². The molecule has 0 spiro atoms. The van der Waals surface area contributed by atoms with Crippen molar-refractivity contribution < 1.29 is 19.3 Å². The second-order valence-electron chi connectivity index (χ2n) is 3.68. The Bertz CT molecular complexity index is 146. The Labute approximate surface area is 72.4 Å². The maximum Gasteiger partial charge on any atom is 0.181 e. The minimum Gasteiger partial charge on any atom is -0.366 e. The number of hydrogen-bond acceptors (Lipinski definition) is 4. The second-order valence-corrected chi connectivity index (χ2v) is 3.68. The van der Waals surface area contributed by atoms with E-state index in [1.54, 1.807) is 7.11 Å². The lowest BCUT2D eigenvalue weighted by Crippen LogP contribution is -2.35.